The second-order valence-electron chi connectivity index (χ2n) is 6.48. The fourth-order valence-electron chi connectivity index (χ4n) is 2.80. The van der Waals surface area contributed by atoms with Gasteiger partial charge in [0, 0.05) is 7.14 Å². The van der Waals surface area contributed by atoms with Crippen LogP contribution in [0.15, 0.2) is 58.7 Å². The Hall–Kier alpha value is -2.88. The standard InChI is InChI=1S/C22H18I2N4O6/c1-3-33-21(31)17-25-28(20(30)14-10-6-8-12-16(14)24)18(22(32)34-4-2)26-27(17)19(29)13-9-5-7-11-15(13)23/h5-12H,3-4H2,1-2H3. The molecule has 1 aliphatic heterocycles. The Morgan fingerprint density at radius 1 is 0.706 bits per heavy atom. The van der Waals surface area contributed by atoms with Crippen LogP contribution in [0.4, 0.5) is 0 Å². The second kappa shape index (κ2) is 11.5. The largest absolute Gasteiger partial charge is 0.460 e. The Labute approximate surface area is 222 Å². The summed E-state index contributed by atoms with van der Waals surface area (Å²) in [6.45, 7) is 3.13. The summed E-state index contributed by atoms with van der Waals surface area (Å²) in [7, 11) is 0. The monoisotopic (exact) mass is 688 g/mol. The Morgan fingerprint density at radius 2 is 1.06 bits per heavy atom. The molecule has 0 saturated heterocycles. The van der Waals surface area contributed by atoms with Crippen molar-refractivity contribution in [3.8, 4) is 0 Å². The van der Waals surface area contributed by atoms with Gasteiger partial charge in [0.2, 0.25) is 0 Å². The summed E-state index contributed by atoms with van der Waals surface area (Å²) in [5.41, 5.74) is 0.425. The van der Waals surface area contributed by atoms with Crippen LogP contribution in [0.25, 0.3) is 0 Å². The summed E-state index contributed by atoms with van der Waals surface area (Å²) in [4.78, 5) is 52.1. The molecule has 0 aromatic heterocycles. The molecule has 0 atom stereocenters. The Kier molecular flexibility index (Phi) is 8.71. The van der Waals surface area contributed by atoms with Crippen LogP contribution in [0.3, 0.4) is 0 Å². The molecule has 34 heavy (non-hydrogen) atoms. The molecule has 12 heteroatoms. The lowest BCUT2D eigenvalue weighted by atomic mass is 10.2. The van der Waals surface area contributed by atoms with Crippen LogP contribution >= 0.6 is 45.2 Å². The van der Waals surface area contributed by atoms with E-state index in [1.54, 1.807) is 50.2 Å². The number of amides is 2. The molecule has 0 aliphatic carbocycles. The molecular weight excluding hydrogens is 670 g/mol. The number of benzene rings is 2. The van der Waals surface area contributed by atoms with E-state index in [-0.39, 0.29) is 24.3 Å². The van der Waals surface area contributed by atoms with Crippen molar-refractivity contribution in [2.45, 2.75) is 13.8 Å². The number of hydrogen-bond donors (Lipinski definition) is 0. The van der Waals surface area contributed by atoms with Crippen LogP contribution in [-0.4, -0.2) is 58.7 Å². The van der Waals surface area contributed by atoms with E-state index < -0.39 is 35.4 Å². The fraction of sp³-hybridized carbons (Fsp3) is 0.182. The molecule has 2 amide bonds. The minimum atomic E-state index is -0.992. The average molecular weight is 688 g/mol. The van der Waals surface area contributed by atoms with Crippen molar-refractivity contribution in [2.24, 2.45) is 10.2 Å². The van der Waals surface area contributed by atoms with Crippen molar-refractivity contribution >= 4 is 80.6 Å². The van der Waals surface area contributed by atoms with Gasteiger partial charge in [-0.15, -0.1) is 10.2 Å². The maximum Gasteiger partial charge on any atom is 0.378 e. The number of carbonyl (C=O) groups is 4. The molecular formula is C22H18I2N4O6. The second-order valence-corrected chi connectivity index (χ2v) is 8.81. The highest BCUT2D eigenvalue weighted by molar-refractivity contribution is 14.1. The molecule has 10 nitrogen and oxygen atoms in total. The molecule has 0 fully saturated rings. The third-order valence-electron chi connectivity index (χ3n) is 4.30. The number of nitrogens with zero attached hydrogens (tertiary/aromatic N) is 4. The highest BCUT2D eigenvalue weighted by Gasteiger charge is 2.40. The molecule has 176 valence electrons. The first-order valence-electron chi connectivity index (χ1n) is 9.99. The topological polar surface area (TPSA) is 118 Å². The van der Waals surface area contributed by atoms with Gasteiger partial charge in [-0.2, -0.15) is 10.0 Å². The molecule has 0 saturated carbocycles. The van der Waals surface area contributed by atoms with E-state index in [1.165, 1.54) is 12.1 Å². The van der Waals surface area contributed by atoms with E-state index >= 15 is 0 Å². The van der Waals surface area contributed by atoms with Gasteiger partial charge >= 0.3 is 11.9 Å². The minimum Gasteiger partial charge on any atom is -0.460 e. The number of esters is 2. The molecule has 1 aliphatic rings. The number of halogens is 2. The molecule has 0 N–H and O–H groups in total. The van der Waals surface area contributed by atoms with Gasteiger partial charge in [-0.25, -0.2) is 9.59 Å². The third-order valence-corrected chi connectivity index (χ3v) is 6.18. The molecule has 0 radical (unpaired) electrons. The molecule has 2 aromatic carbocycles. The van der Waals surface area contributed by atoms with Gasteiger partial charge in [0.15, 0.2) is 0 Å². The van der Waals surface area contributed by atoms with Gasteiger partial charge < -0.3 is 9.47 Å². The van der Waals surface area contributed by atoms with Crippen molar-refractivity contribution in [1.82, 2.24) is 10.0 Å². The maximum absolute atomic E-state index is 13.3. The van der Waals surface area contributed by atoms with Crippen LogP contribution in [0.5, 0.6) is 0 Å². The molecule has 0 spiro atoms. The van der Waals surface area contributed by atoms with Gasteiger partial charge in [-0.3, -0.25) is 9.59 Å². The molecule has 2 aromatic rings. The fourth-order valence-corrected chi connectivity index (χ4v) is 4.03. The molecule has 0 unspecified atom stereocenters. The smallest absolute Gasteiger partial charge is 0.378 e. The number of rotatable bonds is 6. The zero-order chi connectivity index (χ0) is 24.8. The number of hydrazone groups is 2. The highest BCUT2D eigenvalue weighted by Crippen LogP contribution is 2.21. The number of ether oxygens (including phenoxy) is 2. The molecule has 3 rings (SSSR count). The lowest BCUT2D eigenvalue weighted by molar-refractivity contribution is -0.137. The van der Waals surface area contributed by atoms with E-state index in [2.05, 4.69) is 10.2 Å². The average Bonchev–Trinajstić information content (AvgIpc) is 2.83. The summed E-state index contributed by atoms with van der Waals surface area (Å²) in [6.07, 6.45) is 0. The number of hydrogen-bond acceptors (Lipinski definition) is 8. The number of amidine groups is 2. The van der Waals surface area contributed by atoms with Crippen molar-refractivity contribution in [3.05, 3.63) is 66.8 Å². The number of carbonyl (C=O) groups excluding carboxylic acids is 4. The van der Waals surface area contributed by atoms with Crippen LogP contribution in [0.1, 0.15) is 34.6 Å². The van der Waals surface area contributed by atoms with E-state index in [9.17, 15) is 19.2 Å². The van der Waals surface area contributed by atoms with Crippen molar-refractivity contribution < 1.29 is 28.7 Å². The van der Waals surface area contributed by atoms with Gasteiger partial charge in [0.25, 0.3) is 23.5 Å². The quantitative estimate of drug-likeness (QED) is 0.340. The van der Waals surface area contributed by atoms with E-state index in [0.717, 1.165) is 0 Å². The predicted molar refractivity (Wildman–Crippen MR) is 139 cm³/mol. The van der Waals surface area contributed by atoms with E-state index in [4.69, 9.17) is 9.47 Å². The van der Waals surface area contributed by atoms with E-state index in [1.807, 2.05) is 45.2 Å². The summed E-state index contributed by atoms with van der Waals surface area (Å²) < 4.78 is 11.2. The van der Waals surface area contributed by atoms with Crippen LogP contribution in [0, 0.1) is 7.14 Å². The first kappa shape index (κ1) is 25.7. The normalized spacial score (nSPS) is 13.1. The van der Waals surface area contributed by atoms with Gasteiger partial charge in [0.05, 0.1) is 24.3 Å². The van der Waals surface area contributed by atoms with Crippen LogP contribution < -0.4 is 0 Å². The van der Waals surface area contributed by atoms with Crippen LogP contribution in [-0.2, 0) is 19.1 Å². The van der Waals surface area contributed by atoms with E-state index in [0.29, 0.717) is 17.2 Å². The summed E-state index contributed by atoms with van der Waals surface area (Å²) in [5, 5.41) is 9.42. The van der Waals surface area contributed by atoms with Crippen molar-refractivity contribution in [3.63, 3.8) is 0 Å². The first-order valence-corrected chi connectivity index (χ1v) is 12.1. The maximum atomic E-state index is 13.3. The van der Waals surface area contributed by atoms with Gasteiger partial charge in [-0.1, -0.05) is 24.3 Å². The summed E-state index contributed by atoms with van der Waals surface area (Å²) in [6, 6.07) is 13.2. The Bertz CT molecular complexity index is 1120. The molecule has 1 heterocycles. The lowest BCUT2D eigenvalue weighted by Crippen LogP contribution is -2.50. The van der Waals surface area contributed by atoms with Crippen LogP contribution in [0.2, 0.25) is 0 Å². The molecule has 0 bridgehead atoms. The minimum absolute atomic E-state index is 0.0122. The summed E-state index contributed by atoms with van der Waals surface area (Å²) in [5.74, 6) is -4.60. The first-order chi connectivity index (χ1) is 16.3. The zero-order valence-electron chi connectivity index (χ0n) is 18.0. The lowest BCUT2D eigenvalue weighted by Gasteiger charge is -2.28. The Morgan fingerprint density at radius 3 is 1.38 bits per heavy atom. The Balaban J connectivity index is 2.17. The SMILES string of the molecule is CCOC(=O)C1=NN(C(=O)c2ccccc2I)C(C(=O)OCC)=NN1C(=O)c1ccccc1I. The summed E-state index contributed by atoms with van der Waals surface area (Å²) >= 11 is 3.92. The third kappa shape index (κ3) is 5.43. The predicted octanol–water partition coefficient (Wildman–Crippen LogP) is 3.25. The van der Waals surface area contributed by atoms with Crippen molar-refractivity contribution in [1.29, 1.82) is 0 Å². The highest BCUT2D eigenvalue weighted by atomic mass is 127. The van der Waals surface area contributed by atoms with Gasteiger partial charge in [0.1, 0.15) is 0 Å². The van der Waals surface area contributed by atoms with Crippen molar-refractivity contribution in [2.75, 3.05) is 13.2 Å². The van der Waals surface area contributed by atoms with Gasteiger partial charge in [-0.05, 0) is 83.3 Å². The zero-order valence-corrected chi connectivity index (χ0v) is 22.3.